The normalized spacial score (nSPS) is 17.5. The van der Waals surface area contributed by atoms with Gasteiger partial charge < -0.3 is 15.2 Å². The molecule has 0 radical (unpaired) electrons. The molecule has 1 aliphatic rings. The van der Waals surface area contributed by atoms with Crippen LogP contribution < -0.4 is 5.32 Å². The quantitative estimate of drug-likeness (QED) is 0.866. The van der Waals surface area contributed by atoms with Crippen LogP contribution in [0, 0.1) is 0 Å². The minimum atomic E-state index is -1.29. The molecule has 108 valence electrons. The van der Waals surface area contributed by atoms with E-state index in [1.165, 1.54) is 0 Å². The van der Waals surface area contributed by atoms with Crippen LogP contribution >= 0.6 is 27.5 Å². The van der Waals surface area contributed by atoms with Crippen molar-refractivity contribution in [2.45, 2.75) is 18.4 Å². The van der Waals surface area contributed by atoms with Crippen molar-refractivity contribution >= 4 is 39.4 Å². The van der Waals surface area contributed by atoms with Gasteiger partial charge in [0, 0.05) is 30.5 Å². The Morgan fingerprint density at radius 2 is 2.00 bits per heavy atom. The maximum Gasteiger partial charge on any atom is 0.329 e. The standard InChI is InChI=1S/C13H13BrClNO4/c14-9-3-1-2-8(10(9)15)11(17)16-13(12(18)19)4-6-20-7-5-13/h1-3H,4-7H2,(H,16,17)(H,18,19). The Morgan fingerprint density at radius 3 is 2.60 bits per heavy atom. The summed E-state index contributed by atoms with van der Waals surface area (Å²) in [7, 11) is 0. The fourth-order valence-electron chi connectivity index (χ4n) is 2.08. The first-order valence-corrected chi connectivity index (χ1v) is 7.21. The van der Waals surface area contributed by atoms with E-state index in [4.69, 9.17) is 16.3 Å². The molecule has 1 heterocycles. The molecule has 1 aromatic carbocycles. The number of rotatable bonds is 3. The molecule has 0 atom stereocenters. The largest absolute Gasteiger partial charge is 0.480 e. The summed E-state index contributed by atoms with van der Waals surface area (Å²) in [6.07, 6.45) is 0.472. The summed E-state index contributed by atoms with van der Waals surface area (Å²) in [5.74, 6) is -1.55. The predicted molar refractivity (Wildman–Crippen MR) is 77.0 cm³/mol. The molecule has 0 saturated carbocycles. The van der Waals surface area contributed by atoms with Gasteiger partial charge in [0.15, 0.2) is 0 Å². The highest BCUT2D eigenvalue weighted by molar-refractivity contribution is 9.10. The molecule has 0 unspecified atom stereocenters. The highest BCUT2D eigenvalue weighted by Gasteiger charge is 2.42. The topological polar surface area (TPSA) is 75.6 Å². The predicted octanol–water partition coefficient (Wildman–Crippen LogP) is 2.47. The van der Waals surface area contributed by atoms with Crippen molar-refractivity contribution in [3.8, 4) is 0 Å². The van der Waals surface area contributed by atoms with Crippen LogP contribution in [0.2, 0.25) is 5.02 Å². The molecule has 2 rings (SSSR count). The molecule has 1 fully saturated rings. The van der Waals surface area contributed by atoms with Gasteiger partial charge in [-0.2, -0.15) is 0 Å². The van der Waals surface area contributed by atoms with Crippen LogP contribution in [0.3, 0.4) is 0 Å². The van der Waals surface area contributed by atoms with Gasteiger partial charge in [0.1, 0.15) is 5.54 Å². The second-order valence-corrected chi connectivity index (χ2v) is 5.79. The lowest BCUT2D eigenvalue weighted by Crippen LogP contribution is -2.57. The lowest BCUT2D eigenvalue weighted by molar-refractivity contribution is -0.148. The summed E-state index contributed by atoms with van der Waals surface area (Å²) >= 11 is 9.28. The van der Waals surface area contributed by atoms with Crippen molar-refractivity contribution in [2.24, 2.45) is 0 Å². The summed E-state index contributed by atoms with van der Waals surface area (Å²) in [5.41, 5.74) is -1.05. The molecule has 0 aliphatic carbocycles. The Balaban J connectivity index is 2.25. The van der Waals surface area contributed by atoms with Crippen LogP contribution in [0.4, 0.5) is 0 Å². The van der Waals surface area contributed by atoms with Crippen LogP contribution in [0.25, 0.3) is 0 Å². The average Bonchev–Trinajstić information content (AvgIpc) is 2.42. The third kappa shape index (κ3) is 2.97. The number of carboxylic acid groups (broad SMARTS) is 1. The molecule has 2 N–H and O–H groups in total. The molecular weight excluding hydrogens is 350 g/mol. The number of nitrogens with one attached hydrogen (secondary N) is 1. The van der Waals surface area contributed by atoms with Gasteiger partial charge in [0.2, 0.25) is 0 Å². The summed E-state index contributed by atoms with van der Waals surface area (Å²) < 4.78 is 5.74. The highest BCUT2D eigenvalue weighted by atomic mass is 79.9. The van der Waals surface area contributed by atoms with Crippen molar-refractivity contribution in [1.29, 1.82) is 0 Å². The van der Waals surface area contributed by atoms with Gasteiger partial charge >= 0.3 is 5.97 Å². The zero-order valence-electron chi connectivity index (χ0n) is 10.5. The number of carboxylic acids is 1. The first kappa shape index (κ1) is 15.3. The number of aliphatic carboxylic acids is 1. The van der Waals surface area contributed by atoms with E-state index in [0.29, 0.717) is 17.7 Å². The smallest absolute Gasteiger partial charge is 0.329 e. The molecule has 7 heteroatoms. The second kappa shape index (κ2) is 6.11. The molecule has 1 saturated heterocycles. The molecule has 1 aromatic rings. The van der Waals surface area contributed by atoms with E-state index >= 15 is 0 Å². The summed E-state index contributed by atoms with van der Waals surface area (Å²) in [5, 5.41) is 12.2. The zero-order valence-corrected chi connectivity index (χ0v) is 12.8. The van der Waals surface area contributed by atoms with E-state index in [-0.39, 0.29) is 23.4 Å². The molecule has 0 bridgehead atoms. The third-order valence-electron chi connectivity index (χ3n) is 3.30. The van der Waals surface area contributed by atoms with Gasteiger partial charge in [0.05, 0.1) is 10.6 Å². The van der Waals surface area contributed by atoms with Crippen molar-refractivity contribution in [3.63, 3.8) is 0 Å². The number of carbonyl (C=O) groups excluding carboxylic acids is 1. The lowest BCUT2D eigenvalue weighted by atomic mass is 9.89. The van der Waals surface area contributed by atoms with Gasteiger partial charge in [-0.05, 0) is 28.1 Å². The minimum absolute atomic E-state index is 0.236. The van der Waals surface area contributed by atoms with Crippen molar-refractivity contribution in [2.75, 3.05) is 13.2 Å². The number of benzene rings is 1. The van der Waals surface area contributed by atoms with Gasteiger partial charge in [-0.25, -0.2) is 4.79 Å². The summed E-state index contributed by atoms with van der Waals surface area (Å²) in [6, 6.07) is 4.93. The van der Waals surface area contributed by atoms with E-state index in [2.05, 4.69) is 21.2 Å². The highest BCUT2D eigenvalue weighted by Crippen LogP contribution is 2.27. The Bertz CT molecular complexity index is 543. The Hall–Kier alpha value is -1.11. The minimum Gasteiger partial charge on any atom is -0.480 e. The van der Waals surface area contributed by atoms with Crippen LogP contribution in [0.5, 0.6) is 0 Å². The van der Waals surface area contributed by atoms with Crippen LogP contribution in [0.15, 0.2) is 22.7 Å². The second-order valence-electron chi connectivity index (χ2n) is 4.56. The van der Waals surface area contributed by atoms with Gasteiger partial charge in [0.25, 0.3) is 5.91 Å². The molecule has 0 spiro atoms. The van der Waals surface area contributed by atoms with Crippen LogP contribution in [-0.2, 0) is 9.53 Å². The molecule has 20 heavy (non-hydrogen) atoms. The number of hydrogen-bond donors (Lipinski definition) is 2. The van der Waals surface area contributed by atoms with Crippen LogP contribution in [-0.4, -0.2) is 35.7 Å². The number of halogens is 2. The Morgan fingerprint density at radius 1 is 1.35 bits per heavy atom. The molecule has 5 nitrogen and oxygen atoms in total. The fourth-order valence-corrected chi connectivity index (χ4v) is 2.65. The van der Waals surface area contributed by atoms with Gasteiger partial charge in [-0.1, -0.05) is 17.7 Å². The van der Waals surface area contributed by atoms with Gasteiger partial charge in [-0.3, -0.25) is 4.79 Å². The third-order valence-corrected chi connectivity index (χ3v) is 4.60. The first-order valence-electron chi connectivity index (χ1n) is 6.04. The first-order chi connectivity index (χ1) is 9.46. The number of ether oxygens (including phenoxy) is 1. The Kier molecular flexibility index (Phi) is 4.67. The Labute approximate surface area is 129 Å². The maximum absolute atomic E-state index is 12.3. The fraction of sp³-hybridized carbons (Fsp3) is 0.385. The monoisotopic (exact) mass is 361 g/mol. The van der Waals surface area contributed by atoms with E-state index in [1.54, 1.807) is 18.2 Å². The molecule has 1 aliphatic heterocycles. The molecule has 1 amide bonds. The summed E-state index contributed by atoms with van der Waals surface area (Å²) in [4.78, 5) is 23.8. The van der Waals surface area contributed by atoms with Crippen LogP contribution in [0.1, 0.15) is 23.2 Å². The van der Waals surface area contributed by atoms with E-state index in [0.717, 1.165) is 0 Å². The zero-order chi connectivity index (χ0) is 14.8. The maximum atomic E-state index is 12.3. The number of amides is 1. The van der Waals surface area contributed by atoms with Crippen molar-refractivity contribution in [1.82, 2.24) is 5.32 Å². The van der Waals surface area contributed by atoms with Gasteiger partial charge in [-0.15, -0.1) is 0 Å². The van der Waals surface area contributed by atoms with Crippen molar-refractivity contribution < 1.29 is 19.4 Å². The summed E-state index contributed by atoms with van der Waals surface area (Å²) in [6.45, 7) is 0.609. The number of hydrogen-bond acceptors (Lipinski definition) is 3. The van der Waals surface area contributed by atoms with E-state index in [9.17, 15) is 14.7 Å². The number of carbonyl (C=O) groups is 2. The lowest BCUT2D eigenvalue weighted by Gasteiger charge is -2.34. The molecular formula is C13H13BrClNO4. The van der Waals surface area contributed by atoms with Crippen molar-refractivity contribution in [3.05, 3.63) is 33.3 Å². The average molecular weight is 363 g/mol. The van der Waals surface area contributed by atoms with E-state index in [1.807, 2.05) is 0 Å². The SMILES string of the molecule is O=C(NC1(C(=O)O)CCOCC1)c1cccc(Br)c1Cl. The van der Waals surface area contributed by atoms with E-state index < -0.39 is 17.4 Å². The molecule has 0 aromatic heterocycles.